The van der Waals surface area contributed by atoms with E-state index < -0.39 is 17.5 Å². The fourth-order valence-electron chi connectivity index (χ4n) is 4.80. The van der Waals surface area contributed by atoms with Crippen molar-refractivity contribution in [3.63, 3.8) is 0 Å². The number of benzene rings is 2. The molecule has 0 bridgehead atoms. The van der Waals surface area contributed by atoms with Gasteiger partial charge in [-0.3, -0.25) is 9.59 Å². The number of carboxylic acids is 1. The van der Waals surface area contributed by atoms with E-state index in [1.807, 2.05) is 54.6 Å². The van der Waals surface area contributed by atoms with Gasteiger partial charge in [-0.1, -0.05) is 30.3 Å². The maximum atomic E-state index is 13.0. The van der Waals surface area contributed by atoms with Crippen LogP contribution < -0.4 is 4.90 Å². The predicted molar refractivity (Wildman–Crippen MR) is 119 cm³/mol. The van der Waals surface area contributed by atoms with Crippen LogP contribution in [0.1, 0.15) is 41.6 Å². The molecule has 2 aromatic carbocycles. The molecule has 164 valence electrons. The van der Waals surface area contributed by atoms with Gasteiger partial charge < -0.3 is 20.0 Å². The molecule has 2 heterocycles. The summed E-state index contributed by atoms with van der Waals surface area (Å²) in [6, 6.07) is 17.0. The maximum Gasteiger partial charge on any atom is 0.312 e. The van der Waals surface area contributed by atoms with Crippen LogP contribution in [0.2, 0.25) is 0 Å². The second kappa shape index (κ2) is 9.10. The lowest BCUT2D eigenvalue weighted by Crippen LogP contribution is -2.57. The number of aliphatic hydroxyl groups is 1. The molecule has 2 aliphatic rings. The Balaban J connectivity index is 1.44. The molecule has 2 aliphatic heterocycles. The topological polar surface area (TPSA) is 81.1 Å². The van der Waals surface area contributed by atoms with Crippen molar-refractivity contribution < 1.29 is 19.8 Å². The van der Waals surface area contributed by atoms with Crippen molar-refractivity contribution in [1.29, 1.82) is 0 Å². The first-order valence-corrected chi connectivity index (χ1v) is 11.1. The quantitative estimate of drug-likeness (QED) is 0.773. The molecule has 2 saturated heterocycles. The lowest BCUT2D eigenvalue weighted by Gasteiger charge is -2.43. The fraction of sp³-hybridized carbons (Fsp3) is 0.440. The summed E-state index contributed by atoms with van der Waals surface area (Å²) >= 11 is 0. The third-order valence-electron chi connectivity index (χ3n) is 6.77. The highest BCUT2D eigenvalue weighted by Crippen LogP contribution is 2.36. The molecule has 31 heavy (non-hydrogen) atoms. The molecule has 2 atom stereocenters. The predicted octanol–water partition coefficient (Wildman–Crippen LogP) is 3.20. The molecular formula is C25H30N2O4. The van der Waals surface area contributed by atoms with Crippen LogP contribution in [0, 0.1) is 5.41 Å². The summed E-state index contributed by atoms with van der Waals surface area (Å²) in [5, 5.41) is 20.8. The van der Waals surface area contributed by atoms with Gasteiger partial charge >= 0.3 is 5.97 Å². The van der Waals surface area contributed by atoms with Crippen LogP contribution >= 0.6 is 0 Å². The van der Waals surface area contributed by atoms with Crippen LogP contribution in [0.5, 0.6) is 0 Å². The number of aliphatic carboxylic acids is 1. The number of hydrogen-bond acceptors (Lipinski definition) is 4. The van der Waals surface area contributed by atoms with Gasteiger partial charge in [-0.15, -0.1) is 0 Å². The van der Waals surface area contributed by atoms with E-state index in [4.69, 9.17) is 0 Å². The highest BCUT2D eigenvalue weighted by molar-refractivity contribution is 5.95. The lowest BCUT2D eigenvalue weighted by atomic mass is 9.71. The second-order valence-corrected chi connectivity index (χ2v) is 8.74. The van der Waals surface area contributed by atoms with Crippen LogP contribution in [0.4, 0.5) is 5.69 Å². The molecule has 1 amide bonds. The average Bonchev–Trinajstić information content (AvgIpc) is 2.81. The Morgan fingerprint density at radius 3 is 2.23 bits per heavy atom. The number of aliphatic hydroxyl groups excluding tert-OH is 1. The van der Waals surface area contributed by atoms with Crippen molar-refractivity contribution in [2.24, 2.45) is 5.41 Å². The molecule has 6 nitrogen and oxygen atoms in total. The molecule has 0 unspecified atom stereocenters. The van der Waals surface area contributed by atoms with E-state index in [0.717, 1.165) is 24.3 Å². The van der Waals surface area contributed by atoms with Gasteiger partial charge in [0, 0.05) is 37.4 Å². The standard InChI is InChI=1S/C25H30N2O4/c28-22-18-27(16-13-25(22,24(30)31)17-19-7-3-1-4-8-19)23(29)20-9-11-21(12-10-20)26-14-5-2-6-15-26/h1,3-4,7-12,22,28H,2,5-6,13-18H2,(H,30,31)/t22-,25+/m0/s1. The molecule has 6 heteroatoms. The number of piperidine rings is 2. The van der Waals surface area contributed by atoms with Crippen LogP contribution in [0.3, 0.4) is 0 Å². The Labute approximate surface area is 183 Å². The number of carbonyl (C=O) groups is 2. The second-order valence-electron chi connectivity index (χ2n) is 8.74. The van der Waals surface area contributed by atoms with Crippen molar-refractivity contribution in [3.8, 4) is 0 Å². The average molecular weight is 423 g/mol. The molecular weight excluding hydrogens is 392 g/mol. The molecule has 0 aliphatic carbocycles. The van der Waals surface area contributed by atoms with E-state index in [2.05, 4.69) is 4.90 Å². The van der Waals surface area contributed by atoms with Gasteiger partial charge in [0.25, 0.3) is 5.91 Å². The van der Waals surface area contributed by atoms with Gasteiger partial charge in [0.2, 0.25) is 0 Å². The number of hydrogen-bond donors (Lipinski definition) is 2. The Morgan fingerprint density at radius 2 is 1.61 bits per heavy atom. The molecule has 0 radical (unpaired) electrons. The SMILES string of the molecule is O=C(c1ccc(N2CCCCC2)cc1)N1CC[C@](Cc2ccccc2)(C(=O)O)[C@@H](O)C1. The summed E-state index contributed by atoms with van der Waals surface area (Å²) in [7, 11) is 0. The summed E-state index contributed by atoms with van der Waals surface area (Å²) in [6.07, 6.45) is 3.00. The fourth-order valence-corrected chi connectivity index (χ4v) is 4.80. The van der Waals surface area contributed by atoms with E-state index >= 15 is 0 Å². The van der Waals surface area contributed by atoms with Gasteiger partial charge in [-0.25, -0.2) is 0 Å². The van der Waals surface area contributed by atoms with E-state index in [1.165, 1.54) is 19.3 Å². The normalized spacial score (nSPS) is 24.1. The van der Waals surface area contributed by atoms with Gasteiger partial charge in [0.1, 0.15) is 5.41 Å². The lowest BCUT2D eigenvalue weighted by molar-refractivity contribution is -0.161. The Hall–Kier alpha value is -2.86. The van der Waals surface area contributed by atoms with Gasteiger partial charge in [0.05, 0.1) is 6.10 Å². The van der Waals surface area contributed by atoms with Gasteiger partial charge in [0.15, 0.2) is 0 Å². The van der Waals surface area contributed by atoms with E-state index in [9.17, 15) is 19.8 Å². The summed E-state index contributed by atoms with van der Waals surface area (Å²) < 4.78 is 0. The monoisotopic (exact) mass is 422 g/mol. The molecule has 0 aromatic heterocycles. The minimum Gasteiger partial charge on any atom is -0.481 e. The van der Waals surface area contributed by atoms with Crippen molar-refractivity contribution >= 4 is 17.6 Å². The molecule has 0 saturated carbocycles. The molecule has 4 rings (SSSR count). The third-order valence-corrected chi connectivity index (χ3v) is 6.77. The van der Waals surface area contributed by atoms with Crippen molar-refractivity contribution in [2.75, 3.05) is 31.1 Å². The highest BCUT2D eigenvalue weighted by Gasteiger charge is 2.49. The van der Waals surface area contributed by atoms with Crippen molar-refractivity contribution in [1.82, 2.24) is 4.90 Å². The zero-order valence-corrected chi connectivity index (χ0v) is 17.7. The van der Waals surface area contributed by atoms with Gasteiger partial charge in [-0.2, -0.15) is 0 Å². The Kier molecular flexibility index (Phi) is 6.28. The van der Waals surface area contributed by atoms with Crippen molar-refractivity contribution in [2.45, 2.75) is 38.2 Å². The highest BCUT2D eigenvalue weighted by atomic mass is 16.4. The minimum absolute atomic E-state index is 0.0197. The summed E-state index contributed by atoms with van der Waals surface area (Å²) in [5.41, 5.74) is 1.29. The third kappa shape index (κ3) is 4.44. The van der Waals surface area contributed by atoms with Crippen molar-refractivity contribution in [3.05, 3.63) is 65.7 Å². The molecule has 2 N–H and O–H groups in total. The number of nitrogens with zero attached hydrogens (tertiary/aromatic N) is 2. The van der Waals surface area contributed by atoms with E-state index in [0.29, 0.717) is 12.1 Å². The number of rotatable bonds is 5. The zero-order chi connectivity index (χ0) is 21.8. The minimum atomic E-state index is -1.28. The summed E-state index contributed by atoms with van der Waals surface area (Å²) in [6.45, 7) is 2.42. The number of β-amino-alcohol motifs (C(OH)–C–C–N with tert-alkyl or cyclic N) is 1. The first kappa shape index (κ1) is 21.4. The number of likely N-dealkylation sites (tertiary alicyclic amines) is 1. The maximum absolute atomic E-state index is 13.0. The number of anilines is 1. The van der Waals surface area contributed by atoms with Crippen LogP contribution in [-0.2, 0) is 11.2 Å². The Morgan fingerprint density at radius 1 is 0.935 bits per heavy atom. The summed E-state index contributed by atoms with van der Waals surface area (Å²) in [4.78, 5) is 29.1. The van der Waals surface area contributed by atoms with Crippen LogP contribution in [0.15, 0.2) is 54.6 Å². The molecule has 2 aromatic rings. The van der Waals surface area contributed by atoms with E-state index in [1.54, 1.807) is 4.90 Å². The zero-order valence-electron chi connectivity index (χ0n) is 17.7. The number of carboxylic acid groups (broad SMARTS) is 1. The smallest absolute Gasteiger partial charge is 0.312 e. The first-order valence-electron chi connectivity index (χ1n) is 11.1. The van der Waals surface area contributed by atoms with Crippen LogP contribution in [0.25, 0.3) is 0 Å². The molecule has 0 spiro atoms. The number of amides is 1. The molecule has 2 fully saturated rings. The first-order chi connectivity index (χ1) is 15.0. The number of carbonyl (C=O) groups excluding carboxylic acids is 1. The largest absolute Gasteiger partial charge is 0.481 e. The van der Waals surface area contributed by atoms with E-state index in [-0.39, 0.29) is 25.3 Å². The van der Waals surface area contributed by atoms with Crippen LogP contribution in [-0.4, -0.2) is 59.3 Å². The summed E-state index contributed by atoms with van der Waals surface area (Å²) in [5.74, 6) is -1.18. The Bertz CT molecular complexity index is 909. The van der Waals surface area contributed by atoms with Gasteiger partial charge in [-0.05, 0) is 61.9 Å².